The predicted octanol–water partition coefficient (Wildman–Crippen LogP) is 3.68. The number of methoxy groups -OCH3 is 1. The second kappa shape index (κ2) is 7.79. The Bertz CT molecular complexity index is 551. The number of benzene rings is 1. The molecule has 0 aliphatic carbocycles. The van der Waals surface area contributed by atoms with Crippen LogP contribution in [0.25, 0.3) is 0 Å². The van der Waals surface area contributed by atoms with Gasteiger partial charge in [-0.25, -0.2) is 0 Å². The molecule has 3 heteroatoms. The Kier molecular flexibility index (Phi) is 5.76. The standard InChI is InChI=1S/C18H24N2O/c1-4-19-16(18-17(21-3)6-5-13-20-18)12-11-15-9-7-14(2)8-10-15/h5-10,13,16,19H,4,11-12H2,1-3H3. The van der Waals surface area contributed by atoms with E-state index in [1.807, 2.05) is 18.3 Å². The Hall–Kier alpha value is -1.87. The van der Waals surface area contributed by atoms with E-state index < -0.39 is 0 Å². The minimum atomic E-state index is 0.215. The summed E-state index contributed by atoms with van der Waals surface area (Å²) in [6.07, 6.45) is 3.86. The second-order valence-electron chi connectivity index (χ2n) is 5.23. The van der Waals surface area contributed by atoms with Crippen LogP contribution in [0.3, 0.4) is 0 Å². The summed E-state index contributed by atoms with van der Waals surface area (Å²) >= 11 is 0. The van der Waals surface area contributed by atoms with Gasteiger partial charge >= 0.3 is 0 Å². The van der Waals surface area contributed by atoms with Gasteiger partial charge in [0, 0.05) is 6.20 Å². The van der Waals surface area contributed by atoms with Gasteiger partial charge in [-0.05, 0) is 44.0 Å². The van der Waals surface area contributed by atoms with Crippen molar-refractivity contribution in [3.8, 4) is 5.75 Å². The molecule has 3 nitrogen and oxygen atoms in total. The monoisotopic (exact) mass is 284 g/mol. The number of nitrogens with zero attached hydrogens (tertiary/aromatic N) is 1. The number of hydrogen-bond donors (Lipinski definition) is 1. The predicted molar refractivity (Wildman–Crippen MR) is 86.7 cm³/mol. The van der Waals surface area contributed by atoms with Crippen molar-refractivity contribution in [1.82, 2.24) is 10.3 Å². The summed E-state index contributed by atoms with van der Waals surface area (Å²) in [7, 11) is 1.70. The molecule has 112 valence electrons. The lowest BCUT2D eigenvalue weighted by Crippen LogP contribution is -2.23. The molecule has 1 atom stereocenters. The zero-order valence-corrected chi connectivity index (χ0v) is 13.1. The highest BCUT2D eigenvalue weighted by molar-refractivity contribution is 5.30. The van der Waals surface area contributed by atoms with Crippen LogP contribution in [0, 0.1) is 6.92 Å². The van der Waals surface area contributed by atoms with Crippen molar-refractivity contribution in [2.45, 2.75) is 32.7 Å². The van der Waals surface area contributed by atoms with Crippen LogP contribution in [-0.4, -0.2) is 18.6 Å². The van der Waals surface area contributed by atoms with Gasteiger partial charge in [-0.2, -0.15) is 0 Å². The average molecular weight is 284 g/mol. The molecule has 21 heavy (non-hydrogen) atoms. The van der Waals surface area contributed by atoms with Gasteiger partial charge in [0.25, 0.3) is 0 Å². The smallest absolute Gasteiger partial charge is 0.141 e. The Labute approximate surface area is 127 Å². The Morgan fingerprint density at radius 3 is 2.62 bits per heavy atom. The lowest BCUT2D eigenvalue weighted by atomic mass is 10.0. The molecule has 0 fully saturated rings. The van der Waals surface area contributed by atoms with Crippen LogP contribution in [0.1, 0.15) is 36.2 Å². The first-order valence-corrected chi connectivity index (χ1v) is 7.52. The molecule has 1 aromatic carbocycles. The minimum Gasteiger partial charge on any atom is -0.495 e. The van der Waals surface area contributed by atoms with E-state index in [1.54, 1.807) is 7.11 Å². The highest BCUT2D eigenvalue weighted by Crippen LogP contribution is 2.25. The van der Waals surface area contributed by atoms with E-state index in [0.29, 0.717) is 0 Å². The number of hydrogen-bond acceptors (Lipinski definition) is 3. The van der Waals surface area contributed by atoms with E-state index in [0.717, 1.165) is 30.8 Å². The molecule has 0 amide bonds. The Morgan fingerprint density at radius 2 is 1.95 bits per heavy atom. The molecular formula is C18H24N2O. The number of ether oxygens (including phenoxy) is 1. The van der Waals surface area contributed by atoms with E-state index in [-0.39, 0.29) is 6.04 Å². The maximum Gasteiger partial charge on any atom is 0.141 e. The molecule has 1 aromatic heterocycles. The Balaban J connectivity index is 2.10. The topological polar surface area (TPSA) is 34.2 Å². The molecule has 2 rings (SSSR count). The molecule has 2 aromatic rings. The molecule has 0 bridgehead atoms. The fraction of sp³-hybridized carbons (Fsp3) is 0.389. The van der Waals surface area contributed by atoms with Crippen molar-refractivity contribution < 1.29 is 4.74 Å². The van der Waals surface area contributed by atoms with Gasteiger partial charge in [-0.3, -0.25) is 4.98 Å². The maximum absolute atomic E-state index is 5.44. The van der Waals surface area contributed by atoms with Gasteiger partial charge in [0.05, 0.1) is 18.8 Å². The number of aromatic nitrogens is 1. The van der Waals surface area contributed by atoms with Crippen LogP contribution in [0.4, 0.5) is 0 Å². The second-order valence-corrected chi connectivity index (χ2v) is 5.23. The maximum atomic E-state index is 5.44. The van der Waals surface area contributed by atoms with Crippen LogP contribution in [0.2, 0.25) is 0 Å². The lowest BCUT2D eigenvalue weighted by Gasteiger charge is -2.19. The number of rotatable bonds is 7. The number of pyridine rings is 1. The Morgan fingerprint density at radius 1 is 1.19 bits per heavy atom. The van der Waals surface area contributed by atoms with Crippen LogP contribution in [0.5, 0.6) is 5.75 Å². The summed E-state index contributed by atoms with van der Waals surface area (Å²) in [6.45, 7) is 5.15. The van der Waals surface area contributed by atoms with Crippen molar-refractivity contribution in [1.29, 1.82) is 0 Å². The minimum absolute atomic E-state index is 0.215. The molecular weight excluding hydrogens is 260 g/mol. The van der Waals surface area contributed by atoms with Gasteiger partial charge in [-0.1, -0.05) is 36.8 Å². The third-order valence-corrected chi connectivity index (χ3v) is 3.64. The first kappa shape index (κ1) is 15.5. The van der Waals surface area contributed by atoms with Crippen molar-refractivity contribution in [3.05, 3.63) is 59.4 Å². The number of aryl methyl sites for hydroxylation is 2. The van der Waals surface area contributed by atoms with Gasteiger partial charge in [0.2, 0.25) is 0 Å². The van der Waals surface area contributed by atoms with Crippen molar-refractivity contribution >= 4 is 0 Å². The molecule has 0 radical (unpaired) electrons. The zero-order chi connectivity index (χ0) is 15.1. The van der Waals surface area contributed by atoms with Crippen LogP contribution in [-0.2, 0) is 6.42 Å². The quantitative estimate of drug-likeness (QED) is 0.842. The average Bonchev–Trinajstić information content (AvgIpc) is 2.53. The van der Waals surface area contributed by atoms with E-state index in [1.165, 1.54) is 11.1 Å². The van der Waals surface area contributed by atoms with E-state index in [4.69, 9.17) is 4.74 Å². The largest absolute Gasteiger partial charge is 0.495 e. The first-order chi connectivity index (χ1) is 10.2. The molecule has 1 N–H and O–H groups in total. The fourth-order valence-corrected chi connectivity index (χ4v) is 2.48. The zero-order valence-electron chi connectivity index (χ0n) is 13.1. The number of nitrogens with one attached hydrogen (secondary N) is 1. The van der Waals surface area contributed by atoms with Crippen LogP contribution in [0.15, 0.2) is 42.6 Å². The summed E-state index contributed by atoms with van der Waals surface area (Å²) in [5.41, 5.74) is 3.65. The summed E-state index contributed by atoms with van der Waals surface area (Å²) in [6, 6.07) is 12.8. The van der Waals surface area contributed by atoms with Crippen LogP contribution >= 0.6 is 0 Å². The highest BCUT2D eigenvalue weighted by Gasteiger charge is 2.16. The molecule has 0 aliphatic heterocycles. The third-order valence-electron chi connectivity index (χ3n) is 3.64. The molecule has 0 spiro atoms. The molecule has 0 saturated carbocycles. The van der Waals surface area contributed by atoms with Crippen molar-refractivity contribution in [3.63, 3.8) is 0 Å². The van der Waals surface area contributed by atoms with Crippen molar-refractivity contribution in [2.75, 3.05) is 13.7 Å². The first-order valence-electron chi connectivity index (χ1n) is 7.52. The molecule has 1 heterocycles. The van der Waals surface area contributed by atoms with E-state index in [9.17, 15) is 0 Å². The fourth-order valence-electron chi connectivity index (χ4n) is 2.48. The van der Waals surface area contributed by atoms with Gasteiger partial charge in [0.15, 0.2) is 0 Å². The summed E-state index contributed by atoms with van der Waals surface area (Å²) in [5.74, 6) is 0.854. The van der Waals surface area contributed by atoms with E-state index >= 15 is 0 Å². The third kappa shape index (κ3) is 4.30. The normalized spacial score (nSPS) is 12.1. The molecule has 0 aliphatic rings. The molecule has 0 saturated heterocycles. The highest BCUT2D eigenvalue weighted by atomic mass is 16.5. The van der Waals surface area contributed by atoms with Crippen molar-refractivity contribution in [2.24, 2.45) is 0 Å². The van der Waals surface area contributed by atoms with Gasteiger partial charge in [0.1, 0.15) is 5.75 Å². The summed E-state index contributed by atoms with van der Waals surface area (Å²) in [4.78, 5) is 4.51. The van der Waals surface area contributed by atoms with Gasteiger partial charge in [-0.15, -0.1) is 0 Å². The molecule has 1 unspecified atom stereocenters. The van der Waals surface area contributed by atoms with E-state index in [2.05, 4.69) is 48.4 Å². The SMILES string of the molecule is CCNC(CCc1ccc(C)cc1)c1ncccc1OC. The van der Waals surface area contributed by atoms with Gasteiger partial charge < -0.3 is 10.1 Å². The lowest BCUT2D eigenvalue weighted by molar-refractivity contribution is 0.390. The van der Waals surface area contributed by atoms with Crippen LogP contribution < -0.4 is 10.1 Å². The summed E-state index contributed by atoms with van der Waals surface area (Å²) in [5, 5.41) is 3.51. The summed E-state index contributed by atoms with van der Waals surface area (Å²) < 4.78 is 5.44.